The van der Waals surface area contributed by atoms with E-state index in [9.17, 15) is 18.0 Å². The number of carbonyl (C=O) groups is 1. The van der Waals surface area contributed by atoms with Crippen LogP contribution in [0.15, 0.2) is 18.2 Å². The summed E-state index contributed by atoms with van der Waals surface area (Å²) in [5.41, 5.74) is -1.43. The van der Waals surface area contributed by atoms with E-state index in [0.29, 0.717) is 17.5 Å². The molecule has 110 valence electrons. The van der Waals surface area contributed by atoms with Crippen LogP contribution in [0.5, 0.6) is 0 Å². The van der Waals surface area contributed by atoms with Crippen molar-refractivity contribution >= 4 is 23.4 Å². The molecule has 2 rings (SSSR count). The average Bonchev–Trinajstić information content (AvgIpc) is 2.88. The highest BCUT2D eigenvalue weighted by molar-refractivity contribution is 8.00. The van der Waals surface area contributed by atoms with Crippen molar-refractivity contribution in [1.29, 1.82) is 0 Å². The summed E-state index contributed by atoms with van der Waals surface area (Å²) < 4.78 is 38.1. The third-order valence-electron chi connectivity index (χ3n) is 3.11. The van der Waals surface area contributed by atoms with Gasteiger partial charge in [0.15, 0.2) is 0 Å². The van der Waals surface area contributed by atoms with Crippen LogP contribution in [0.25, 0.3) is 0 Å². The Balaban J connectivity index is 2.15. The highest BCUT2D eigenvalue weighted by Crippen LogP contribution is 2.33. The predicted molar refractivity (Wildman–Crippen MR) is 72.4 cm³/mol. The third kappa shape index (κ3) is 3.59. The van der Waals surface area contributed by atoms with E-state index in [0.717, 1.165) is 30.7 Å². The van der Waals surface area contributed by atoms with Crippen LogP contribution in [0.3, 0.4) is 0 Å². The smallest absolute Gasteiger partial charge is 0.417 e. The van der Waals surface area contributed by atoms with Gasteiger partial charge in [-0.3, -0.25) is 0 Å². The zero-order chi connectivity index (χ0) is 14.8. The van der Waals surface area contributed by atoms with Crippen LogP contribution in [-0.4, -0.2) is 28.6 Å². The first-order valence-corrected chi connectivity index (χ1v) is 7.23. The Kier molecular flexibility index (Phi) is 4.47. The van der Waals surface area contributed by atoms with Gasteiger partial charge in [-0.1, -0.05) is 0 Å². The van der Waals surface area contributed by atoms with Gasteiger partial charge in [0, 0.05) is 17.5 Å². The maximum Gasteiger partial charge on any atom is 0.417 e. The third-order valence-corrected chi connectivity index (χ3v) is 4.51. The minimum atomic E-state index is -4.66. The molecule has 0 saturated carbocycles. The Morgan fingerprint density at radius 2 is 2.20 bits per heavy atom. The fourth-order valence-corrected chi connectivity index (χ4v) is 3.32. The Hall–Kier alpha value is -1.37. The van der Waals surface area contributed by atoms with E-state index in [2.05, 4.69) is 5.32 Å². The van der Waals surface area contributed by atoms with Gasteiger partial charge >= 0.3 is 12.1 Å². The van der Waals surface area contributed by atoms with Crippen LogP contribution in [0.2, 0.25) is 0 Å². The number of halogens is 3. The number of thioether (sulfide) groups is 1. The topological polar surface area (TPSA) is 49.3 Å². The number of carboxylic acids is 1. The lowest BCUT2D eigenvalue weighted by Crippen LogP contribution is -2.16. The molecule has 2 N–H and O–H groups in total. The Labute approximate surface area is 118 Å². The molecule has 1 heterocycles. The second-order valence-corrected chi connectivity index (χ2v) is 5.99. The number of hydrogen-bond donors (Lipinski definition) is 2. The number of benzene rings is 1. The maximum atomic E-state index is 12.7. The van der Waals surface area contributed by atoms with Gasteiger partial charge in [-0.25, -0.2) is 4.79 Å². The van der Waals surface area contributed by atoms with E-state index in [-0.39, 0.29) is 0 Å². The SMILES string of the molecule is O=C(O)c1cc(NCC2CCCS2)ccc1C(F)(F)F. The molecule has 1 fully saturated rings. The normalized spacial score (nSPS) is 19.1. The lowest BCUT2D eigenvalue weighted by Gasteiger charge is -2.14. The quantitative estimate of drug-likeness (QED) is 0.890. The van der Waals surface area contributed by atoms with Crippen LogP contribution in [0, 0.1) is 0 Å². The molecule has 1 atom stereocenters. The van der Waals surface area contributed by atoms with Gasteiger partial charge in [0.2, 0.25) is 0 Å². The monoisotopic (exact) mass is 305 g/mol. The molecule has 7 heteroatoms. The highest BCUT2D eigenvalue weighted by Gasteiger charge is 2.35. The predicted octanol–water partition coefficient (Wildman–Crippen LogP) is 3.71. The second-order valence-electron chi connectivity index (χ2n) is 4.58. The Bertz CT molecular complexity index is 499. The van der Waals surface area contributed by atoms with Crippen molar-refractivity contribution in [3.05, 3.63) is 29.3 Å². The van der Waals surface area contributed by atoms with Crippen LogP contribution < -0.4 is 5.32 Å². The molecule has 1 aromatic rings. The molecule has 1 unspecified atom stereocenters. The molecule has 0 aromatic heterocycles. The summed E-state index contributed by atoms with van der Waals surface area (Å²) in [4.78, 5) is 10.9. The molecule has 0 radical (unpaired) electrons. The van der Waals surface area contributed by atoms with Crippen molar-refractivity contribution in [3.63, 3.8) is 0 Å². The number of nitrogens with one attached hydrogen (secondary N) is 1. The standard InChI is InChI=1S/C13H14F3NO2S/c14-13(15,16)11-4-3-8(6-10(11)12(18)19)17-7-9-2-1-5-20-9/h3-4,6,9,17H,1-2,5,7H2,(H,18,19). The molecule has 3 nitrogen and oxygen atoms in total. The molecule has 0 bridgehead atoms. The number of hydrogen-bond acceptors (Lipinski definition) is 3. The van der Waals surface area contributed by atoms with Crippen molar-refractivity contribution in [2.75, 3.05) is 17.6 Å². The molecule has 0 amide bonds. The summed E-state index contributed by atoms with van der Waals surface area (Å²) >= 11 is 1.82. The molecule has 1 aliphatic rings. The fourth-order valence-electron chi connectivity index (χ4n) is 2.12. The average molecular weight is 305 g/mol. The van der Waals surface area contributed by atoms with Crippen LogP contribution in [0.4, 0.5) is 18.9 Å². The first kappa shape index (κ1) is 15.0. The molecular weight excluding hydrogens is 291 g/mol. The molecule has 1 saturated heterocycles. The number of carboxylic acid groups (broad SMARTS) is 1. The van der Waals surface area contributed by atoms with Gasteiger partial charge < -0.3 is 10.4 Å². The summed E-state index contributed by atoms with van der Waals surface area (Å²) in [7, 11) is 0. The highest BCUT2D eigenvalue weighted by atomic mass is 32.2. The Morgan fingerprint density at radius 3 is 2.75 bits per heavy atom. The minimum Gasteiger partial charge on any atom is -0.478 e. The van der Waals surface area contributed by atoms with Crippen LogP contribution in [0.1, 0.15) is 28.8 Å². The van der Waals surface area contributed by atoms with Gasteiger partial charge in [0.1, 0.15) is 0 Å². The van der Waals surface area contributed by atoms with E-state index < -0.39 is 23.3 Å². The van der Waals surface area contributed by atoms with Crippen molar-refractivity contribution in [3.8, 4) is 0 Å². The fraction of sp³-hybridized carbons (Fsp3) is 0.462. The molecule has 1 aromatic carbocycles. The van der Waals surface area contributed by atoms with Crippen molar-refractivity contribution in [2.45, 2.75) is 24.3 Å². The van der Waals surface area contributed by atoms with Crippen molar-refractivity contribution in [2.24, 2.45) is 0 Å². The number of anilines is 1. The van der Waals surface area contributed by atoms with Crippen molar-refractivity contribution < 1.29 is 23.1 Å². The van der Waals surface area contributed by atoms with E-state index in [1.165, 1.54) is 6.07 Å². The largest absolute Gasteiger partial charge is 0.478 e. The van der Waals surface area contributed by atoms with Gasteiger partial charge in [0.05, 0.1) is 11.1 Å². The van der Waals surface area contributed by atoms with Gasteiger partial charge in [-0.05, 0) is 36.8 Å². The first-order chi connectivity index (χ1) is 9.38. The molecule has 1 aliphatic heterocycles. The second kappa shape index (κ2) is 5.95. The van der Waals surface area contributed by atoms with Gasteiger partial charge in [-0.15, -0.1) is 0 Å². The molecule has 20 heavy (non-hydrogen) atoms. The van der Waals surface area contributed by atoms with E-state index >= 15 is 0 Å². The zero-order valence-corrected chi connectivity index (χ0v) is 11.4. The van der Waals surface area contributed by atoms with E-state index in [1.807, 2.05) is 11.8 Å². The zero-order valence-electron chi connectivity index (χ0n) is 10.5. The van der Waals surface area contributed by atoms with Crippen LogP contribution >= 0.6 is 11.8 Å². The molecule has 0 aliphatic carbocycles. The first-order valence-electron chi connectivity index (χ1n) is 6.18. The minimum absolute atomic E-state index is 0.405. The summed E-state index contributed by atoms with van der Waals surface area (Å²) in [5.74, 6) is -0.476. The lowest BCUT2D eigenvalue weighted by atomic mass is 10.1. The number of alkyl halides is 3. The lowest BCUT2D eigenvalue weighted by molar-refractivity contribution is -0.138. The number of aromatic carboxylic acids is 1. The van der Waals surface area contributed by atoms with Gasteiger partial charge in [-0.2, -0.15) is 24.9 Å². The maximum absolute atomic E-state index is 12.7. The van der Waals surface area contributed by atoms with E-state index in [4.69, 9.17) is 5.11 Å². The summed E-state index contributed by atoms with van der Waals surface area (Å²) in [6.45, 7) is 0.634. The summed E-state index contributed by atoms with van der Waals surface area (Å²) in [6, 6.07) is 3.13. The summed E-state index contributed by atoms with van der Waals surface area (Å²) in [5, 5.41) is 12.3. The number of rotatable bonds is 4. The molecular formula is C13H14F3NO2S. The molecule has 0 spiro atoms. The van der Waals surface area contributed by atoms with Crippen molar-refractivity contribution in [1.82, 2.24) is 0 Å². The Morgan fingerprint density at radius 1 is 1.45 bits per heavy atom. The van der Waals surface area contributed by atoms with E-state index in [1.54, 1.807) is 0 Å². The van der Waals surface area contributed by atoms with Gasteiger partial charge in [0.25, 0.3) is 0 Å². The van der Waals surface area contributed by atoms with Crippen LogP contribution in [-0.2, 0) is 6.18 Å². The summed E-state index contributed by atoms with van der Waals surface area (Å²) in [6.07, 6.45) is -2.44.